The molecule has 1 aromatic rings. The zero-order valence-corrected chi connectivity index (χ0v) is 13.0. The lowest BCUT2D eigenvalue weighted by Gasteiger charge is -2.24. The summed E-state index contributed by atoms with van der Waals surface area (Å²) in [5.74, 6) is 0. The van der Waals surface area contributed by atoms with E-state index in [9.17, 15) is 0 Å². The van der Waals surface area contributed by atoms with Crippen LogP contribution in [0.5, 0.6) is 0 Å². The summed E-state index contributed by atoms with van der Waals surface area (Å²) in [7, 11) is 1.74. The van der Waals surface area contributed by atoms with Crippen LogP contribution in [0.15, 0.2) is 22.9 Å². The van der Waals surface area contributed by atoms with E-state index < -0.39 is 0 Å². The Labute approximate surface area is 123 Å². The van der Waals surface area contributed by atoms with Gasteiger partial charge in [0.2, 0.25) is 0 Å². The molecule has 1 N–H and O–H groups in total. The standard InChI is InChI=1S/C14H22BrN3O/c1-19-6-4-16-10-14-3-2-5-18(14)11-12-7-13(15)9-17-8-12/h7-9,14,16H,2-6,10-11H2,1H3. The van der Waals surface area contributed by atoms with Gasteiger partial charge in [-0.2, -0.15) is 0 Å². The number of nitrogens with one attached hydrogen (secondary N) is 1. The van der Waals surface area contributed by atoms with Crippen LogP contribution in [0.1, 0.15) is 18.4 Å². The molecule has 1 aliphatic heterocycles. The monoisotopic (exact) mass is 327 g/mol. The summed E-state index contributed by atoms with van der Waals surface area (Å²) in [4.78, 5) is 6.78. The Morgan fingerprint density at radius 1 is 1.53 bits per heavy atom. The first-order chi connectivity index (χ1) is 9.29. The zero-order valence-electron chi connectivity index (χ0n) is 11.4. The molecule has 2 heterocycles. The van der Waals surface area contributed by atoms with Crippen LogP contribution in [0, 0.1) is 0 Å². The molecule has 0 aliphatic carbocycles. The molecule has 106 valence electrons. The van der Waals surface area contributed by atoms with Crippen LogP contribution in [0.4, 0.5) is 0 Å². The Hall–Kier alpha value is -0.490. The third kappa shape index (κ3) is 4.84. The molecular formula is C14H22BrN3O. The van der Waals surface area contributed by atoms with Crippen molar-refractivity contribution < 1.29 is 4.74 Å². The van der Waals surface area contributed by atoms with Gasteiger partial charge in [0.1, 0.15) is 0 Å². The SMILES string of the molecule is COCCNCC1CCCN1Cc1cncc(Br)c1. The van der Waals surface area contributed by atoms with E-state index in [4.69, 9.17) is 4.74 Å². The van der Waals surface area contributed by atoms with E-state index in [1.165, 1.54) is 24.9 Å². The van der Waals surface area contributed by atoms with Gasteiger partial charge in [-0.15, -0.1) is 0 Å². The average molecular weight is 328 g/mol. The summed E-state index contributed by atoms with van der Waals surface area (Å²) in [6, 6.07) is 2.79. The van der Waals surface area contributed by atoms with E-state index in [0.717, 1.165) is 30.7 Å². The molecule has 1 saturated heterocycles. The lowest BCUT2D eigenvalue weighted by Crippen LogP contribution is -2.38. The Balaban J connectivity index is 1.81. The lowest BCUT2D eigenvalue weighted by atomic mass is 10.2. The second kappa shape index (κ2) is 7.94. The summed E-state index contributed by atoms with van der Waals surface area (Å²) in [5, 5.41) is 3.46. The minimum Gasteiger partial charge on any atom is -0.383 e. The van der Waals surface area contributed by atoms with Crippen molar-refractivity contribution in [1.29, 1.82) is 0 Å². The van der Waals surface area contributed by atoms with Crippen LogP contribution in [0.2, 0.25) is 0 Å². The Bertz CT molecular complexity index is 389. The highest BCUT2D eigenvalue weighted by molar-refractivity contribution is 9.10. The van der Waals surface area contributed by atoms with Crippen molar-refractivity contribution in [2.24, 2.45) is 0 Å². The van der Waals surface area contributed by atoms with E-state index in [1.54, 1.807) is 7.11 Å². The highest BCUT2D eigenvalue weighted by Crippen LogP contribution is 2.20. The molecule has 1 aromatic heterocycles. The number of hydrogen-bond acceptors (Lipinski definition) is 4. The first-order valence-electron chi connectivity index (χ1n) is 6.82. The quantitative estimate of drug-likeness (QED) is 0.778. The summed E-state index contributed by atoms with van der Waals surface area (Å²) in [5.41, 5.74) is 1.28. The molecule has 1 aliphatic rings. The van der Waals surface area contributed by atoms with E-state index in [0.29, 0.717) is 6.04 Å². The number of halogens is 1. The average Bonchev–Trinajstić information content (AvgIpc) is 2.82. The lowest BCUT2D eigenvalue weighted by molar-refractivity contribution is 0.191. The van der Waals surface area contributed by atoms with Crippen LogP contribution in [-0.4, -0.2) is 49.3 Å². The maximum Gasteiger partial charge on any atom is 0.0587 e. The van der Waals surface area contributed by atoms with Gasteiger partial charge in [0.15, 0.2) is 0 Å². The molecule has 1 fully saturated rings. The summed E-state index contributed by atoms with van der Waals surface area (Å²) >= 11 is 3.48. The first-order valence-corrected chi connectivity index (χ1v) is 7.62. The summed E-state index contributed by atoms with van der Waals surface area (Å²) in [6.07, 6.45) is 6.36. The normalized spacial score (nSPS) is 20.0. The van der Waals surface area contributed by atoms with Crippen LogP contribution in [0.3, 0.4) is 0 Å². The van der Waals surface area contributed by atoms with Crippen molar-refractivity contribution >= 4 is 15.9 Å². The highest BCUT2D eigenvalue weighted by Gasteiger charge is 2.23. The van der Waals surface area contributed by atoms with Crippen molar-refractivity contribution in [3.63, 3.8) is 0 Å². The second-order valence-corrected chi connectivity index (χ2v) is 5.89. The van der Waals surface area contributed by atoms with Crippen LogP contribution in [-0.2, 0) is 11.3 Å². The summed E-state index contributed by atoms with van der Waals surface area (Å²) in [6.45, 7) is 4.93. The number of hydrogen-bond donors (Lipinski definition) is 1. The van der Waals surface area contributed by atoms with E-state index in [2.05, 4.69) is 37.2 Å². The molecule has 0 amide bonds. The van der Waals surface area contributed by atoms with Gasteiger partial charge >= 0.3 is 0 Å². The second-order valence-electron chi connectivity index (χ2n) is 4.97. The molecule has 0 spiro atoms. The van der Waals surface area contributed by atoms with Gasteiger partial charge in [-0.05, 0) is 46.9 Å². The molecule has 2 rings (SSSR count). The Morgan fingerprint density at radius 2 is 2.42 bits per heavy atom. The first kappa shape index (κ1) is 14.9. The predicted octanol–water partition coefficient (Wildman–Crippen LogP) is 2.04. The smallest absolute Gasteiger partial charge is 0.0587 e. The van der Waals surface area contributed by atoms with Gasteiger partial charge in [-0.3, -0.25) is 9.88 Å². The fourth-order valence-corrected chi connectivity index (χ4v) is 2.97. The van der Waals surface area contributed by atoms with Gasteiger partial charge in [0.25, 0.3) is 0 Å². The van der Waals surface area contributed by atoms with Crippen molar-refractivity contribution in [1.82, 2.24) is 15.2 Å². The van der Waals surface area contributed by atoms with Crippen molar-refractivity contribution in [2.45, 2.75) is 25.4 Å². The van der Waals surface area contributed by atoms with Crippen LogP contribution in [0.25, 0.3) is 0 Å². The molecule has 5 heteroatoms. The molecule has 0 radical (unpaired) electrons. The van der Waals surface area contributed by atoms with E-state index in [-0.39, 0.29) is 0 Å². The fourth-order valence-electron chi connectivity index (χ4n) is 2.55. The van der Waals surface area contributed by atoms with Crippen molar-refractivity contribution in [3.05, 3.63) is 28.5 Å². The zero-order chi connectivity index (χ0) is 13.5. The maximum absolute atomic E-state index is 5.05. The van der Waals surface area contributed by atoms with Crippen molar-refractivity contribution in [3.8, 4) is 0 Å². The fraction of sp³-hybridized carbons (Fsp3) is 0.643. The number of nitrogens with zero attached hydrogens (tertiary/aromatic N) is 2. The molecule has 0 bridgehead atoms. The highest BCUT2D eigenvalue weighted by atomic mass is 79.9. The number of ether oxygens (including phenoxy) is 1. The van der Waals surface area contributed by atoms with Gasteiger partial charge in [-0.25, -0.2) is 0 Å². The number of rotatable bonds is 7. The molecule has 4 nitrogen and oxygen atoms in total. The van der Waals surface area contributed by atoms with Gasteiger partial charge < -0.3 is 10.1 Å². The topological polar surface area (TPSA) is 37.4 Å². The number of aromatic nitrogens is 1. The number of methoxy groups -OCH3 is 1. The number of pyridine rings is 1. The summed E-state index contributed by atoms with van der Waals surface area (Å²) < 4.78 is 6.11. The van der Waals surface area contributed by atoms with E-state index >= 15 is 0 Å². The maximum atomic E-state index is 5.05. The molecular weight excluding hydrogens is 306 g/mol. The third-order valence-corrected chi connectivity index (χ3v) is 3.94. The van der Waals surface area contributed by atoms with Crippen LogP contribution < -0.4 is 5.32 Å². The molecule has 0 saturated carbocycles. The van der Waals surface area contributed by atoms with Crippen molar-refractivity contribution in [2.75, 3.05) is 33.4 Å². The molecule has 0 aromatic carbocycles. The van der Waals surface area contributed by atoms with Crippen LogP contribution >= 0.6 is 15.9 Å². The molecule has 1 unspecified atom stereocenters. The van der Waals surface area contributed by atoms with Gasteiger partial charge in [0, 0.05) is 49.7 Å². The molecule has 19 heavy (non-hydrogen) atoms. The van der Waals surface area contributed by atoms with Gasteiger partial charge in [-0.1, -0.05) is 0 Å². The largest absolute Gasteiger partial charge is 0.383 e. The Kier molecular flexibility index (Phi) is 6.23. The third-order valence-electron chi connectivity index (χ3n) is 3.51. The predicted molar refractivity (Wildman–Crippen MR) is 80.1 cm³/mol. The minimum absolute atomic E-state index is 0.635. The van der Waals surface area contributed by atoms with Gasteiger partial charge in [0.05, 0.1) is 6.61 Å². The molecule has 1 atom stereocenters. The number of likely N-dealkylation sites (tertiary alicyclic amines) is 1. The minimum atomic E-state index is 0.635. The Morgan fingerprint density at radius 3 is 3.21 bits per heavy atom. The van der Waals surface area contributed by atoms with E-state index in [1.807, 2.05) is 12.4 Å².